The van der Waals surface area contributed by atoms with Gasteiger partial charge in [-0.15, -0.1) is 0 Å². The predicted molar refractivity (Wildman–Crippen MR) is 54.3 cm³/mol. The van der Waals surface area contributed by atoms with E-state index >= 15 is 0 Å². The van der Waals surface area contributed by atoms with Crippen LogP contribution >= 0.6 is 0 Å². The maximum Gasteiger partial charge on any atom is 0.0622 e. The van der Waals surface area contributed by atoms with Gasteiger partial charge in [0.25, 0.3) is 0 Å². The van der Waals surface area contributed by atoms with Crippen LogP contribution < -0.4 is 0 Å². The standard InChI is InChI=1S/C11H20N2/c1-11(2)6-5-9-13(10-11)8-4-3-7-12/h3-6,8-10H2,1-2H3. The molecule has 0 aromatic carbocycles. The third kappa shape index (κ3) is 3.78. The van der Waals surface area contributed by atoms with E-state index in [1.807, 2.05) is 0 Å². The smallest absolute Gasteiger partial charge is 0.0622 e. The zero-order valence-corrected chi connectivity index (χ0v) is 8.84. The Morgan fingerprint density at radius 1 is 1.46 bits per heavy atom. The topological polar surface area (TPSA) is 27.0 Å². The molecule has 0 amide bonds. The van der Waals surface area contributed by atoms with Crippen LogP contribution in [-0.4, -0.2) is 24.5 Å². The summed E-state index contributed by atoms with van der Waals surface area (Å²) in [4.78, 5) is 2.50. The van der Waals surface area contributed by atoms with Gasteiger partial charge in [0.2, 0.25) is 0 Å². The summed E-state index contributed by atoms with van der Waals surface area (Å²) < 4.78 is 0. The average Bonchev–Trinajstić information content (AvgIpc) is 2.03. The lowest BCUT2D eigenvalue weighted by atomic mass is 9.84. The minimum Gasteiger partial charge on any atom is -0.303 e. The fourth-order valence-corrected chi connectivity index (χ4v) is 2.12. The van der Waals surface area contributed by atoms with E-state index in [4.69, 9.17) is 5.26 Å². The number of nitrogens with zero attached hydrogens (tertiary/aromatic N) is 2. The van der Waals surface area contributed by atoms with Crippen LogP contribution in [0.4, 0.5) is 0 Å². The average molecular weight is 180 g/mol. The monoisotopic (exact) mass is 180 g/mol. The number of rotatable bonds is 3. The van der Waals surface area contributed by atoms with Crippen molar-refractivity contribution in [1.82, 2.24) is 4.90 Å². The quantitative estimate of drug-likeness (QED) is 0.624. The van der Waals surface area contributed by atoms with E-state index in [9.17, 15) is 0 Å². The van der Waals surface area contributed by atoms with Gasteiger partial charge < -0.3 is 4.90 Å². The van der Waals surface area contributed by atoms with Gasteiger partial charge in [-0.3, -0.25) is 0 Å². The number of nitriles is 1. The van der Waals surface area contributed by atoms with Crippen LogP contribution in [0.15, 0.2) is 0 Å². The highest BCUT2D eigenvalue weighted by molar-refractivity contribution is 4.80. The Morgan fingerprint density at radius 3 is 2.85 bits per heavy atom. The number of hydrogen-bond acceptors (Lipinski definition) is 2. The Bertz CT molecular complexity index is 191. The van der Waals surface area contributed by atoms with Crippen LogP contribution in [0.3, 0.4) is 0 Å². The molecule has 1 saturated heterocycles. The molecule has 2 heteroatoms. The van der Waals surface area contributed by atoms with Gasteiger partial charge in [0.05, 0.1) is 6.07 Å². The first-order valence-electron chi connectivity index (χ1n) is 5.23. The normalized spacial score (nSPS) is 22.5. The van der Waals surface area contributed by atoms with Crippen molar-refractivity contribution in [2.75, 3.05) is 19.6 Å². The van der Waals surface area contributed by atoms with Crippen molar-refractivity contribution in [3.63, 3.8) is 0 Å². The van der Waals surface area contributed by atoms with Gasteiger partial charge >= 0.3 is 0 Å². The maximum absolute atomic E-state index is 8.43. The Labute approximate surface area is 81.5 Å². The van der Waals surface area contributed by atoms with E-state index in [1.54, 1.807) is 0 Å². The van der Waals surface area contributed by atoms with Crippen molar-refractivity contribution in [2.45, 2.75) is 39.5 Å². The molecule has 0 bridgehead atoms. The molecule has 0 N–H and O–H groups in total. The van der Waals surface area contributed by atoms with Gasteiger partial charge in [-0.2, -0.15) is 5.26 Å². The zero-order valence-electron chi connectivity index (χ0n) is 8.84. The fourth-order valence-electron chi connectivity index (χ4n) is 2.12. The van der Waals surface area contributed by atoms with Gasteiger partial charge in [-0.25, -0.2) is 0 Å². The van der Waals surface area contributed by atoms with E-state index in [1.165, 1.54) is 25.9 Å². The second kappa shape index (κ2) is 4.62. The molecule has 1 rings (SSSR count). The molecule has 0 saturated carbocycles. The molecule has 0 aliphatic carbocycles. The molecule has 1 aliphatic heterocycles. The summed E-state index contributed by atoms with van der Waals surface area (Å²) >= 11 is 0. The summed E-state index contributed by atoms with van der Waals surface area (Å²) in [6.45, 7) is 8.22. The summed E-state index contributed by atoms with van der Waals surface area (Å²) in [5.74, 6) is 0. The largest absolute Gasteiger partial charge is 0.303 e. The van der Waals surface area contributed by atoms with Crippen LogP contribution in [-0.2, 0) is 0 Å². The van der Waals surface area contributed by atoms with Crippen LogP contribution in [0, 0.1) is 16.7 Å². The molecule has 0 aromatic heterocycles. The molecular formula is C11H20N2. The lowest BCUT2D eigenvalue weighted by Gasteiger charge is -2.37. The second-order valence-electron chi connectivity index (χ2n) is 4.81. The maximum atomic E-state index is 8.43. The van der Waals surface area contributed by atoms with E-state index in [0.29, 0.717) is 11.8 Å². The SMILES string of the molecule is CC1(C)CCCN(CCCC#N)C1. The van der Waals surface area contributed by atoms with Crippen LogP contribution in [0.2, 0.25) is 0 Å². The predicted octanol–water partition coefficient (Wildman–Crippen LogP) is 2.41. The van der Waals surface area contributed by atoms with Crippen molar-refractivity contribution in [3.8, 4) is 6.07 Å². The lowest BCUT2D eigenvalue weighted by Crippen LogP contribution is -2.40. The molecule has 0 spiro atoms. The summed E-state index contributed by atoms with van der Waals surface area (Å²) in [6.07, 6.45) is 4.41. The third-order valence-corrected chi connectivity index (χ3v) is 2.74. The fraction of sp³-hybridized carbons (Fsp3) is 0.909. The molecule has 1 heterocycles. The van der Waals surface area contributed by atoms with Gasteiger partial charge in [-0.05, 0) is 37.8 Å². The number of hydrogen-bond donors (Lipinski definition) is 0. The van der Waals surface area contributed by atoms with Crippen LogP contribution in [0.5, 0.6) is 0 Å². The summed E-state index contributed by atoms with van der Waals surface area (Å²) in [5, 5.41) is 8.43. The molecule has 74 valence electrons. The molecule has 0 radical (unpaired) electrons. The molecule has 2 nitrogen and oxygen atoms in total. The van der Waals surface area contributed by atoms with E-state index in [0.717, 1.165) is 13.0 Å². The molecule has 13 heavy (non-hydrogen) atoms. The Kier molecular flexibility index (Phi) is 3.74. The molecular weight excluding hydrogens is 160 g/mol. The second-order valence-corrected chi connectivity index (χ2v) is 4.81. The highest BCUT2D eigenvalue weighted by atomic mass is 15.1. The van der Waals surface area contributed by atoms with Crippen molar-refractivity contribution >= 4 is 0 Å². The zero-order chi connectivity index (χ0) is 9.73. The van der Waals surface area contributed by atoms with Crippen LogP contribution in [0.25, 0.3) is 0 Å². The highest BCUT2D eigenvalue weighted by Gasteiger charge is 2.25. The Morgan fingerprint density at radius 2 is 2.23 bits per heavy atom. The number of piperidine rings is 1. The van der Waals surface area contributed by atoms with Crippen molar-refractivity contribution in [3.05, 3.63) is 0 Å². The van der Waals surface area contributed by atoms with E-state index < -0.39 is 0 Å². The lowest BCUT2D eigenvalue weighted by molar-refractivity contribution is 0.117. The first-order chi connectivity index (χ1) is 6.14. The minimum atomic E-state index is 0.491. The van der Waals surface area contributed by atoms with Gasteiger partial charge in [0.15, 0.2) is 0 Å². The molecule has 0 unspecified atom stereocenters. The van der Waals surface area contributed by atoms with Crippen molar-refractivity contribution in [1.29, 1.82) is 5.26 Å². The minimum absolute atomic E-state index is 0.491. The number of likely N-dealkylation sites (tertiary alicyclic amines) is 1. The first-order valence-corrected chi connectivity index (χ1v) is 5.23. The van der Waals surface area contributed by atoms with E-state index in [-0.39, 0.29) is 0 Å². The van der Waals surface area contributed by atoms with Gasteiger partial charge in [0, 0.05) is 13.0 Å². The summed E-state index contributed by atoms with van der Waals surface area (Å²) in [7, 11) is 0. The summed E-state index contributed by atoms with van der Waals surface area (Å²) in [5.41, 5.74) is 0.491. The molecule has 1 aliphatic rings. The first kappa shape index (κ1) is 10.5. The van der Waals surface area contributed by atoms with Gasteiger partial charge in [0.1, 0.15) is 0 Å². The Hall–Kier alpha value is -0.550. The van der Waals surface area contributed by atoms with Crippen LogP contribution in [0.1, 0.15) is 39.5 Å². The molecule has 1 fully saturated rings. The number of unbranched alkanes of at least 4 members (excludes halogenated alkanes) is 1. The molecule has 0 atom stereocenters. The van der Waals surface area contributed by atoms with Crippen molar-refractivity contribution in [2.24, 2.45) is 5.41 Å². The van der Waals surface area contributed by atoms with Gasteiger partial charge in [-0.1, -0.05) is 13.8 Å². The van der Waals surface area contributed by atoms with E-state index in [2.05, 4.69) is 24.8 Å². The molecule has 0 aromatic rings. The Balaban J connectivity index is 2.23. The third-order valence-electron chi connectivity index (χ3n) is 2.74. The highest BCUT2D eigenvalue weighted by Crippen LogP contribution is 2.28. The summed E-state index contributed by atoms with van der Waals surface area (Å²) in [6, 6.07) is 2.20. The van der Waals surface area contributed by atoms with Crippen molar-refractivity contribution < 1.29 is 0 Å².